The van der Waals surface area contributed by atoms with Gasteiger partial charge in [0.25, 0.3) is 0 Å². The van der Waals surface area contributed by atoms with E-state index < -0.39 is 0 Å². The molecule has 3 aromatic rings. The molecule has 7 heteroatoms. The molecule has 0 spiro atoms. The van der Waals surface area contributed by atoms with Crippen LogP contribution in [0.25, 0.3) is 0 Å². The summed E-state index contributed by atoms with van der Waals surface area (Å²) in [7, 11) is 0. The van der Waals surface area contributed by atoms with Gasteiger partial charge in [-0.25, -0.2) is 0 Å². The second-order valence-corrected chi connectivity index (χ2v) is 7.54. The van der Waals surface area contributed by atoms with Crippen LogP contribution in [-0.4, -0.2) is 21.4 Å². The van der Waals surface area contributed by atoms with Gasteiger partial charge in [0.05, 0.1) is 6.61 Å². The van der Waals surface area contributed by atoms with Crippen molar-refractivity contribution in [3.8, 4) is 11.5 Å². The number of hydrogen-bond acceptors (Lipinski definition) is 5. The van der Waals surface area contributed by atoms with Crippen molar-refractivity contribution in [3.63, 3.8) is 0 Å². The summed E-state index contributed by atoms with van der Waals surface area (Å²) >= 11 is 7.87. The van der Waals surface area contributed by atoms with Crippen molar-refractivity contribution in [2.75, 3.05) is 6.61 Å². The Balaban J connectivity index is 1.70. The molecule has 0 radical (unpaired) electrons. The van der Waals surface area contributed by atoms with Gasteiger partial charge in [0.15, 0.2) is 22.5 Å². The zero-order valence-electron chi connectivity index (χ0n) is 16.3. The van der Waals surface area contributed by atoms with Gasteiger partial charge in [-0.15, -0.1) is 10.2 Å². The molecule has 0 saturated heterocycles. The van der Waals surface area contributed by atoms with Crippen LogP contribution in [0.1, 0.15) is 30.8 Å². The van der Waals surface area contributed by atoms with Crippen molar-refractivity contribution in [3.05, 3.63) is 64.4 Å². The Morgan fingerprint density at radius 1 is 1.04 bits per heavy atom. The van der Waals surface area contributed by atoms with Crippen LogP contribution in [0.2, 0.25) is 5.02 Å². The van der Waals surface area contributed by atoms with Crippen LogP contribution < -0.4 is 9.47 Å². The lowest BCUT2D eigenvalue weighted by Crippen LogP contribution is -2.08. The molecular weight excluding hydrogens is 394 g/mol. The molecule has 0 bridgehead atoms. The highest BCUT2D eigenvalue weighted by atomic mass is 35.5. The van der Waals surface area contributed by atoms with Gasteiger partial charge in [-0.3, -0.25) is 0 Å². The molecular formula is C21H24ClN3O2S. The van der Waals surface area contributed by atoms with E-state index in [1.807, 2.05) is 56.3 Å². The van der Waals surface area contributed by atoms with Gasteiger partial charge >= 0.3 is 0 Å². The van der Waals surface area contributed by atoms with E-state index in [4.69, 9.17) is 21.1 Å². The van der Waals surface area contributed by atoms with Crippen LogP contribution in [0.15, 0.2) is 47.6 Å². The number of benzene rings is 2. The fourth-order valence-corrected chi connectivity index (χ4v) is 4.06. The topological polar surface area (TPSA) is 49.2 Å². The van der Waals surface area contributed by atoms with Crippen molar-refractivity contribution in [2.24, 2.45) is 0 Å². The summed E-state index contributed by atoms with van der Waals surface area (Å²) in [5.41, 5.74) is 2.21. The average molecular weight is 418 g/mol. The Kier molecular flexibility index (Phi) is 7.23. The summed E-state index contributed by atoms with van der Waals surface area (Å²) in [5, 5.41) is 10.3. The first kappa shape index (κ1) is 20.6. The Morgan fingerprint density at radius 3 is 2.61 bits per heavy atom. The summed E-state index contributed by atoms with van der Waals surface area (Å²) < 4.78 is 13.7. The number of halogens is 1. The lowest BCUT2D eigenvalue weighted by atomic mass is 10.2. The van der Waals surface area contributed by atoms with Crippen molar-refractivity contribution in [2.45, 2.75) is 44.8 Å². The van der Waals surface area contributed by atoms with Gasteiger partial charge < -0.3 is 14.0 Å². The molecule has 0 aliphatic carbocycles. The monoisotopic (exact) mass is 417 g/mol. The van der Waals surface area contributed by atoms with E-state index in [0.717, 1.165) is 45.2 Å². The minimum Gasteiger partial charge on any atom is -0.490 e. The van der Waals surface area contributed by atoms with E-state index in [2.05, 4.69) is 21.7 Å². The van der Waals surface area contributed by atoms with E-state index in [9.17, 15) is 0 Å². The minimum absolute atomic E-state index is 0.330. The molecule has 148 valence electrons. The van der Waals surface area contributed by atoms with Crippen LogP contribution in [0, 0.1) is 6.92 Å². The molecule has 0 aliphatic rings. The summed E-state index contributed by atoms with van der Waals surface area (Å²) in [6.07, 6.45) is 0. The molecule has 1 heterocycles. The van der Waals surface area contributed by atoms with Gasteiger partial charge in [-0.1, -0.05) is 47.6 Å². The van der Waals surface area contributed by atoms with Crippen LogP contribution in [0.3, 0.4) is 0 Å². The molecule has 0 aliphatic heterocycles. The molecule has 0 fully saturated rings. The summed E-state index contributed by atoms with van der Waals surface area (Å²) in [4.78, 5) is 0. The molecule has 0 unspecified atom stereocenters. The Bertz CT molecular complexity index is 930. The van der Waals surface area contributed by atoms with Crippen LogP contribution >= 0.6 is 23.4 Å². The second kappa shape index (κ2) is 9.85. The van der Waals surface area contributed by atoms with Gasteiger partial charge in [-0.2, -0.15) is 0 Å². The third-order valence-electron chi connectivity index (χ3n) is 4.18. The molecule has 5 nitrogen and oxygen atoms in total. The SMILES string of the molecule is CCOc1cc(C)ccc1OCc1nnc(SCc2ccccc2Cl)n1CC. The zero-order chi connectivity index (χ0) is 19.9. The van der Waals surface area contributed by atoms with E-state index >= 15 is 0 Å². The second-order valence-electron chi connectivity index (χ2n) is 6.20. The highest BCUT2D eigenvalue weighted by molar-refractivity contribution is 7.98. The predicted octanol–water partition coefficient (Wildman–Crippen LogP) is 5.53. The van der Waals surface area contributed by atoms with E-state index in [1.54, 1.807) is 11.8 Å². The first-order valence-electron chi connectivity index (χ1n) is 9.26. The molecule has 0 N–H and O–H groups in total. The lowest BCUT2D eigenvalue weighted by molar-refractivity contribution is 0.258. The summed E-state index contributed by atoms with van der Waals surface area (Å²) in [6.45, 7) is 7.75. The molecule has 3 rings (SSSR count). The van der Waals surface area contributed by atoms with Crippen molar-refractivity contribution in [1.29, 1.82) is 0 Å². The first-order valence-corrected chi connectivity index (χ1v) is 10.6. The molecule has 28 heavy (non-hydrogen) atoms. The highest BCUT2D eigenvalue weighted by Crippen LogP contribution is 2.30. The van der Waals surface area contributed by atoms with E-state index in [0.29, 0.717) is 19.0 Å². The minimum atomic E-state index is 0.330. The Labute approximate surface area is 175 Å². The maximum atomic E-state index is 6.25. The molecule has 0 amide bonds. The van der Waals surface area contributed by atoms with Gasteiger partial charge in [0.1, 0.15) is 6.61 Å². The lowest BCUT2D eigenvalue weighted by Gasteiger charge is -2.13. The van der Waals surface area contributed by atoms with Crippen molar-refractivity contribution < 1.29 is 9.47 Å². The first-order chi connectivity index (χ1) is 13.6. The third-order valence-corrected chi connectivity index (χ3v) is 5.56. The van der Waals surface area contributed by atoms with Gasteiger partial charge in [-0.05, 0) is 50.1 Å². The average Bonchev–Trinajstić information content (AvgIpc) is 3.09. The van der Waals surface area contributed by atoms with Crippen LogP contribution in [0.4, 0.5) is 0 Å². The molecule has 1 aromatic heterocycles. The summed E-state index contributed by atoms with van der Waals surface area (Å²) in [5.74, 6) is 2.99. The van der Waals surface area contributed by atoms with Crippen molar-refractivity contribution in [1.82, 2.24) is 14.8 Å². The zero-order valence-corrected chi connectivity index (χ0v) is 17.9. The normalized spacial score (nSPS) is 10.9. The van der Waals surface area contributed by atoms with Crippen molar-refractivity contribution >= 4 is 23.4 Å². The summed E-state index contributed by atoms with van der Waals surface area (Å²) in [6, 6.07) is 13.8. The van der Waals surface area contributed by atoms with E-state index in [1.165, 1.54) is 0 Å². The largest absolute Gasteiger partial charge is 0.490 e. The number of nitrogens with zero attached hydrogens (tertiary/aromatic N) is 3. The Morgan fingerprint density at radius 2 is 1.86 bits per heavy atom. The maximum Gasteiger partial charge on any atom is 0.191 e. The fraction of sp³-hybridized carbons (Fsp3) is 0.333. The standard InChI is InChI=1S/C21H24ClN3O2S/c1-4-25-20(13-27-18-11-10-15(3)12-19(18)26-5-2)23-24-21(25)28-14-16-8-6-7-9-17(16)22/h6-12H,4-5,13-14H2,1-3H3. The van der Waals surface area contributed by atoms with E-state index in [-0.39, 0.29) is 0 Å². The Hall–Kier alpha value is -2.18. The predicted molar refractivity (Wildman–Crippen MR) is 113 cm³/mol. The molecule has 0 atom stereocenters. The number of aromatic nitrogens is 3. The quantitative estimate of drug-likeness (QED) is 0.428. The number of ether oxygens (including phenoxy) is 2. The molecule has 0 saturated carbocycles. The third kappa shape index (κ3) is 5.00. The number of rotatable bonds is 9. The van der Waals surface area contributed by atoms with Crippen LogP contribution in [0.5, 0.6) is 11.5 Å². The maximum absolute atomic E-state index is 6.25. The highest BCUT2D eigenvalue weighted by Gasteiger charge is 2.14. The fourth-order valence-electron chi connectivity index (χ4n) is 2.75. The number of hydrogen-bond donors (Lipinski definition) is 0. The van der Waals surface area contributed by atoms with Crippen LogP contribution in [-0.2, 0) is 18.9 Å². The molecule has 2 aromatic carbocycles. The number of aryl methyl sites for hydroxylation is 1. The van der Waals surface area contributed by atoms with Gasteiger partial charge in [0.2, 0.25) is 0 Å². The van der Waals surface area contributed by atoms with Gasteiger partial charge in [0, 0.05) is 17.3 Å². The number of thioether (sulfide) groups is 1. The smallest absolute Gasteiger partial charge is 0.191 e.